The van der Waals surface area contributed by atoms with Crippen LogP contribution >= 0.6 is 0 Å². The molecule has 10 heavy (non-hydrogen) atoms. The molecule has 0 heterocycles. The molecule has 58 valence electrons. The van der Waals surface area contributed by atoms with E-state index in [1.165, 1.54) is 19.3 Å². The molecule has 1 aliphatic rings. The van der Waals surface area contributed by atoms with Crippen LogP contribution in [0.1, 0.15) is 26.2 Å². The van der Waals surface area contributed by atoms with Crippen LogP contribution in [0, 0.1) is 5.92 Å². The Morgan fingerprint density at radius 2 is 2.40 bits per heavy atom. The van der Waals surface area contributed by atoms with Crippen molar-refractivity contribution >= 4 is 0 Å². The Labute approximate surface area is 63.5 Å². The third-order valence-corrected chi connectivity index (χ3v) is 2.44. The Morgan fingerprint density at radius 3 is 2.80 bits per heavy atom. The molecule has 0 aromatic carbocycles. The largest absolute Gasteiger partial charge is 0.311 e. The minimum absolute atomic E-state index is 0.701. The van der Waals surface area contributed by atoms with Gasteiger partial charge in [-0.2, -0.15) is 0 Å². The van der Waals surface area contributed by atoms with Crippen LogP contribution in [0.15, 0.2) is 12.7 Å². The van der Waals surface area contributed by atoms with Gasteiger partial charge in [0.1, 0.15) is 0 Å². The van der Waals surface area contributed by atoms with E-state index < -0.39 is 0 Å². The van der Waals surface area contributed by atoms with Gasteiger partial charge in [0.15, 0.2) is 0 Å². The lowest BCUT2D eigenvalue weighted by Gasteiger charge is -2.31. The molecule has 1 N–H and O–H groups in total. The van der Waals surface area contributed by atoms with Crippen LogP contribution in [0.5, 0.6) is 0 Å². The zero-order chi connectivity index (χ0) is 7.40. The Morgan fingerprint density at radius 1 is 1.70 bits per heavy atom. The average molecular weight is 139 g/mol. The van der Waals surface area contributed by atoms with Crippen molar-refractivity contribution in [2.75, 3.05) is 6.54 Å². The molecule has 1 fully saturated rings. The average Bonchev–Trinajstić information content (AvgIpc) is 1.79. The van der Waals surface area contributed by atoms with Gasteiger partial charge in [-0.3, -0.25) is 0 Å². The third-order valence-electron chi connectivity index (χ3n) is 2.44. The van der Waals surface area contributed by atoms with Gasteiger partial charge in [-0.1, -0.05) is 12.5 Å². The summed E-state index contributed by atoms with van der Waals surface area (Å²) in [6.45, 7) is 6.90. The summed E-state index contributed by atoms with van der Waals surface area (Å²) in [5.74, 6) is 0.944. The monoisotopic (exact) mass is 139 g/mol. The molecule has 0 spiro atoms. The van der Waals surface area contributed by atoms with Crippen molar-refractivity contribution in [3.63, 3.8) is 0 Å². The first kappa shape index (κ1) is 7.80. The second-order valence-corrected chi connectivity index (χ2v) is 3.18. The van der Waals surface area contributed by atoms with Gasteiger partial charge in [-0.15, -0.1) is 6.58 Å². The van der Waals surface area contributed by atoms with E-state index in [0.29, 0.717) is 6.04 Å². The second kappa shape index (κ2) is 3.77. The molecule has 0 radical (unpaired) electrons. The van der Waals surface area contributed by atoms with Crippen LogP contribution in [0.2, 0.25) is 0 Å². The van der Waals surface area contributed by atoms with Crippen LogP contribution in [0.3, 0.4) is 0 Å². The van der Waals surface area contributed by atoms with E-state index in [9.17, 15) is 0 Å². The summed E-state index contributed by atoms with van der Waals surface area (Å²) in [7, 11) is 0. The van der Waals surface area contributed by atoms with Crippen molar-refractivity contribution in [2.45, 2.75) is 32.2 Å². The van der Waals surface area contributed by atoms with Crippen molar-refractivity contribution in [3.05, 3.63) is 12.7 Å². The highest BCUT2D eigenvalue weighted by atomic mass is 14.9. The summed E-state index contributed by atoms with van der Waals surface area (Å²) in [4.78, 5) is 0. The summed E-state index contributed by atoms with van der Waals surface area (Å²) in [6, 6.07) is 0.701. The molecule has 1 aliphatic carbocycles. The number of nitrogens with one attached hydrogen (secondary N) is 1. The normalized spacial score (nSPS) is 21.7. The van der Waals surface area contributed by atoms with Crippen LogP contribution in [-0.2, 0) is 0 Å². The minimum atomic E-state index is 0.701. The Hall–Kier alpha value is -0.300. The van der Waals surface area contributed by atoms with E-state index in [1.807, 2.05) is 6.08 Å². The molecule has 0 aromatic heterocycles. The molecule has 0 saturated heterocycles. The van der Waals surface area contributed by atoms with Gasteiger partial charge >= 0.3 is 0 Å². The van der Waals surface area contributed by atoms with E-state index in [0.717, 1.165) is 12.5 Å². The van der Waals surface area contributed by atoms with Crippen molar-refractivity contribution in [3.8, 4) is 0 Å². The number of rotatable bonds is 4. The third kappa shape index (κ3) is 1.84. The first-order valence-corrected chi connectivity index (χ1v) is 4.19. The minimum Gasteiger partial charge on any atom is -0.311 e. The summed E-state index contributed by atoms with van der Waals surface area (Å²) in [5, 5.41) is 3.42. The highest BCUT2D eigenvalue weighted by Crippen LogP contribution is 2.29. The van der Waals surface area contributed by atoms with Gasteiger partial charge in [0.25, 0.3) is 0 Å². The Balaban J connectivity index is 2.07. The quantitative estimate of drug-likeness (QED) is 0.587. The molecule has 0 bridgehead atoms. The van der Waals surface area contributed by atoms with Gasteiger partial charge in [0, 0.05) is 12.6 Å². The Bertz CT molecular complexity index is 105. The molecule has 0 aliphatic heterocycles. The summed E-state index contributed by atoms with van der Waals surface area (Å²) < 4.78 is 0. The highest BCUT2D eigenvalue weighted by Gasteiger charge is 2.22. The molecule has 1 unspecified atom stereocenters. The maximum absolute atomic E-state index is 3.67. The molecular formula is C9H17N. The molecule has 1 nitrogen and oxygen atoms in total. The van der Waals surface area contributed by atoms with Crippen LogP contribution in [0.4, 0.5) is 0 Å². The van der Waals surface area contributed by atoms with Crippen LogP contribution in [0.25, 0.3) is 0 Å². The number of hydrogen-bond donors (Lipinski definition) is 1. The highest BCUT2D eigenvalue weighted by molar-refractivity contribution is 4.81. The maximum atomic E-state index is 3.67. The molecule has 0 aromatic rings. The Kier molecular flexibility index (Phi) is 2.94. The van der Waals surface area contributed by atoms with E-state index in [1.54, 1.807) is 0 Å². The molecule has 1 atom stereocenters. The van der Waals surface area contributed by atoms with Gasteiger partial charge in [-0.25, -0.2) is 0 Å². The predicted molar refractivity (Wildman–Crippen MR) is 45.0 cm³/mol. The molecular weight excluding hydrogens is 122 g/mol. The summed E-state index contributed by atoms with van der Waals surface area (Å²) in [5.41, 5.74) is 0. The van der Waals surface area contributed by atoms with Gasteiger partial charge in [0.2, 0.25) is 0 Å². The molecule has 1 heteroatoms. The van der Waals surface area contributed by atoms with E-state index in [2.05, 4.69) is 18.8 Å². The first-order chi connectivity index (χ1) is 4.84. The fraction of sp³-hybridized carbons (Fsp3) is 0.778. The standard InChI is InChI=1S/C9H17N/c1-3-7-10-8(2)9-5-4-6-9/h3,8-10H,1,4-7H2,2H3. The second-order valence-electron chi connectivity index (χ2n) is 3.18. The van der Waals surface area contributed by atoms with Crippen molar-refractivity contribution in [1.29, 1.82) is 0 Å². The van der Waals surface area contributed by atoms with Crippen LogP contribution < -0.4 is 5.32 Å². The topological polar surface area (TPSA) is 12.0 Å². The summed E-state index contributed by atoms with van der Waals surface area (Å²) in [6.07, 6.45) is 6.20. The lowest BCUT2D eigenvalue weighted by molar-refractivity contribution is 0.245. The van der Waals surface area contributed by atoms with E-state index in [4.69, 9.17) is 0 Å². The van der Waals surface area contributed by atoms with E-state index >= 15 is 0 Å². The SMILES string of the molecule is C=CCNC(C)C1CCC1. The van der Waals surface area contributed by atoms with Crippen molar-refractivity contribution in [1.82, 2.24) is 5.32 Å². The van der Waals surface area contributed by atoms with Gasteiger partial charge in [-0.05, 0) is 25.7 Å². The van der Waals surface area contributed by atoms with Crippen molar-refractivity contribution in [2.24, 2.45) is 5.92 Å². The van der Waals surface area contributed by atoms with Gasteiger partial charge in [0.05, 0.1) is 0 Å². The smallest absolute Gasteiger partial charge is 0.0134 e. The van der Waals surface area contributed by atoms with E-state index in [-0.39, 0.29) is 0 Å². The first-order valence-electron chi connectivity index (χ1n) is 4.19. The molecule has 1 saturated carbocycles. The lowest BCUT2D eigenvalue weighted by atomic mass is 9.80. The fourth-order valence-electron chi connectivity index (χ4n) is 1.38. The maximum Gasteiger partial charge on any atom is 0.0134 e. The zero-order valence-electron chi connectivity index (χ0n) is 6.77. The molecule has 0 amide bonds. The van der Waals surface area contributed by atoms with Crippen molar-refractivity contribution < 1.29 is 0 Å². The predicted octanol–water partition coefficient (Wildman–Crippen LogP) is 1.95. The van der Waals surface area contributed by atoms with Crippen LogP contribution in [-0.4, -0.2) is 12.6 Å². The van der Waals surface area contributed by atoms with Gasteiger partial charge < -0.3 is 5.32 Å². The number of hydrogen-bond acceptors (Lipinski definition) is 1. The summed E-state index contributed by atoms with van der Waals surface area (Å²) >= 11 is 0. The fourth-order valence-corrected chi connectivity index (χ4v) is 1.38. The lowest BCUT2D eigenvalue weighted by Crippen LogP contribution is -2.36. The zero-order valence-corrected chi connectivity index (χ0v) is 6.77. The molecule has 1 rings (SSSR count).